The van der Waals surface area contributed by atoms with Crippen LogP contribution in [0.3, 0.4) is 0 Å². The molecule has 3 amide bonds. The summed E-state index contributed by atoms with van der Waals surface area (Å²) in [6.07, 6.45) is 0.872. The summed E-state index contributed by atoms with van der Waals surface area (Å²) in [5.74, 6) is -2.44. The van der Waals surface area contributed by atoms with Crippen LogP contribution in [0.2, 0.25) is 0 Å². The lowest BCUT2D eigenvalue weighted by Crippen LogP contribution is -2.30. The monoisotopic (exact) mass is 402 g/mol. The molecule has 148 valence electrons. The molecule has 0 aromatic heterocycles. The van der Waals surface area contributed by atoms with E-state index in [0.717, 1.165) is 18.2 Å². The number of nitro benzene ring substituents is 2. The van der Waals surface area contributed by atoms with E-state index in [2.05, 4.69) is 5.32 Å². The molecule has 0 radical (unpaired) electrons. The summed E-state index contributed by atoms with van der Waals surface area (Å²) in [6, 6.07) is 5.99. The largest absolute Gasteiger partial charge is 0.502 e. The Morgan fingerprint density at radius 1 is 1.14 bits per heavy atom. The van der Waals surface area contributed by atoms with Gasteiger partial charge in [0.15, 0.2) is 0 Å². The smallest absolute Gasteiger partial charge is 0.329 e. The topological polar surface area (TPSA) is 156 Å². The molecular formula is C17H11FN4O7. The van der Waals surface area contributed by atoms with Crippen molar-refractivity contribution in [2.45, 2.75) is 6.54 Å². The minimum atomic E-state index is -1.02. The predicted octanol–water partition coefficient (Wildman–Crippen LogP) is 2.44. The Hall–Kier alpha value is -4.35. The van der Waals surface area contributed by atoms with Gasteiger partial charge in [0, 0.05) is 17.2 Å². The fourth-order valence-electron chi connectivity index (χ4n) is 2.65. The van der Waals surface area contributed by atoms with Gasteiger partial charge in [-0.25, -0.2) is 9.18 Å². The number of carbonyl (C=O) groups is 2. The summed E-state index contributed by atoms with van der Waals surface area (Å²) in [4.78, 5) is 45.3. The van der Waals surface area contributed by atoms with Crippen LogP contribution in [0.15, 0.2) is 42.1 Å². The van der Waals surface area contributed by atoms with E-state index < -0.39 is 56.0 Å². The first-order chi connectivity index (χ1) is 13.7. The lowest BCUT2D eigenvalue weighted by atomic mass is 10.1. The number of benzene rings is 2. The molecule has 11 nitrogen and oxygen atoms in total. The highest BCUT2D eigenvalue weighted by molar-refractivity contribution is 6.14. The van der Waals surface area contributed by atoms with E-state index in [9.17, 15) is 39.3 Å². The fraction of sp³-hybridized carbons (Fsp3) is 0.0588. The van der Waals surface area contributed by atoms with Crippen molar-refractivity contribution in [1.82, 2.24) is 10.2 Å². The summed E-state index contributed by atoms with van der Waals surface area (Å²) in [5, 5.41) is 34.2. The first kappa shape index (κ1) is 19.4. The SMILES string of the molecule is O=C1N/C(=C/c2cc([N+](=O)[O-])cc([N+](=O)[O-])c2O)C(=O)N1Cc1ccccc1F. The normalized spacial score (nSPS) is 14.9. The van der Waals surface area contributed by atoms with Gasteiger partial charge in [0.1, 0.15) is 11.5 Å². The first-order valence-corrected chi connectivity index (χ1v) is 7.92. The van der Waals surface area contributed by atoms with Crippen LogP contribution in [-0.2, 0) is 11.3 Å². The number of hydrogen-bond donors (Lipinski definition) is 2. The molecule has 29 heavy (non-hydrogen) atoms. The molecule has 0 aliphatic carbocycles. The molecule has 0 unspecified atom stereocenters. The second-order valence-corrected chi connectivity index (χ2v) is 5.89. The van der Waals surface area contributed by atoms with Gasteiger partial charge in [-0.2, -0.15) is 0 Å². The number of phenols is 1. The summed E-state index contributed by atoms with van der Waals surface area (Å²) in [6.45, 7) is -0.379. The number of halogens is 1. The summed E-state index contributed by atoms with van der Waals surface area (Å²) < 4.78 is 13.8. The third kappa shape index (κ3) is 3.71. The number of nitro groups is 2. The highest BCUT2D eigenvalue weighted by atomic mass is 19.1. The quantitative estimate of drug-likeness (QED) is 0.337. The summed E-state index contributed by atoms with van der Waals surface area (Å²) in [5.41, 5.74) is -2.36. The van der Waals surface area contributed by atoms with Crippen molar-refractivity contribution in [3.8, 4) is 5.75 Å². The first-order valence-electron chi connectivity index (χ1n) is 7.92. The number of urea groups is 1. The average molecular weight is 402 g/mol. The lowest BCUT2D eigenvalue weighted by molar-refractivity contribution is -0.394. The van der Waals surface area contributed by atoms with Gasteiger partial charge in [0.05, 0.1) is 22.5 Å². The number of nitrogens with one attached hydrogen (secondary N) is 1. The molecule has 0 atom stereocenters. The molecule has 2 aromatic carbocycles. The molecule has 12 heteroatoms. The Bertz CT molecular complexity index is 1100. The maximum absolute atomic E-state index is 13.8. The molecule has 1 aliphatic heterocycles. The highest BCUT2D eigenvalue weighted by Gasteiger charge is 2.35. The standard InChI is InChI=1S/C17H11FN4O7/c18-12-4-2-1-3-9(12)8-20-16(24)13(19-17(20)25)6-10-5-11(21(26)27)7-14(15(10)23)22(28)29/h1-7,23H,8H2,(H,19,25)/b13-6+. The number of amides is 3. The molecule has 0 bridgehead atoms. The van der Waals surface area contributed by atoms with Crippen LogP contribution < -0.4 is 5.32 Å². The molecular weight excluding hydrogens is 391 g/mol. The number of phenolic OH excluding ortho intramolecular Hbond substituents is 1. The van der Waals surface area contributed by atoms with E-state index >= 15 is 0 Å². The van der Waals surface area contributed by atoms with Crippen molar-refractivity contribution in [2.24, 2.45) is 0 Å². The third-order valence-electron chi connectivity index (χ3n) is 4.06. The fourth-order valence-corrected chi connectivity index (χ4v) is 2.65. The van der Waals surface area contributed by atoms with E-state index in [-0.39, 0.29) is 12.1 Å². The molecule has 1 aliphatic rings. The van der Waals surface area contributed by atoms with Crippen LogP contribution in [0.4, 0.5) is 20.6 Å². The number of rotatable bonds is 5. The Morgan fingerprint density at radius 3 is 2.45 bits per heavy atom. The number of non-ortho nitro benzene ring substituents is 1. The van der Waals surface area contributed by atoms with Crippen molar-refractivity contribution < 1.29 is 28.9 Å². The van der Waals surface area contributed by atoms with E-state index in [1.54, 1.807) is 0 Å². The Kier molecular flexibility index (Phi) is 4.92. The Labute approximate surface area is 161 Å². The number of hydrogen-bond acceptors (Lipinski definition) is 7. The molecule has 1 fully saturated rings. The Balaban J connectivity index is 1.98. The van der Waals surface area contributed by atoms with Gasteiger partial charge in [0.25, 0.3) is 11.6 Å². The van der Waals surface area contributed by atoms with Gasteiger partial charge in [-0.05, 0) is 12.1 Å². The van der Waals surface area contributed by atoms with E-state index in [0.29, 0.717) is 11.0 Å². The van der Waals surface area contributed by atoms with Crippen LogP contribution in [-0.4, -0.2) is 31.8 Å². The maximum Gasteiger partial charge on any atom is 0.329 e. The molecule has 3 rings (SSSR count). The Morgan fingerprint density at radius 2 is 1.83 bits per heavy atom. The van der Waals surface area contributed by atoms with Crippen molar-refractivity contribution in [3.63, 3.8) is 0 Å². The van der Waals surface area contributed by atoms with Crippen LogP contribution >= 0.6 is 0 Å². The van der Waals surface area contributed by atoms with Crippen LogP contribution in [0.1, 0.15) is 11.1 Å². The van der Waals surface area contributed by atoms with Crippen LogP contribution in [0, 0.1) is 26.0 Å². The van der Waals surface area contributed by atoms with Gasteiger partial charge >= 0.3 is 11.7 Å². The highest BCUT2D eigenvalue weighted by Crippen LogP contribution is 2.35. The average Bonchev–Trinajstić information content (AvgIpc) is 2.92. The zero-order valence-electron chi connectivity index (χ0n) is 14.4. The van der Waals surface area contributed by atoms with Crippen molar-refractivity contribution >= 4 is 29.4 Å². The molecule has 0 spiro atoms. The molecule has 1 heterocycles. The zero-order chi connectivity index (χ0) is 21.3. The van der Waals surface area contributed by atoms with Gasteiger partial charge in [-0.1, -0.05) is 18.2 Å². The lowest BCUT2D eigenvalue weighted by Gasteiger charge is -2.12. The second-order valence-electron chi connectivity index (χ2n) is 5.89. The molecule has 2 N–H and O–H groups in total. The van der Waals surface area contributed by atoms with Crippen LogP contribution in [0.5, 0.6) is 5.75 Å². The minimum absolute atomic E-state index is 0.0751. The van der Waals surface area contributed by atoms with Crippen molar-refractivity contribution in [3.05, 3.63) is 79.3 Å². The van der Waals surface area contributed by atoms with Gasteiger partial charge in [-0.3, -0.25) is 29.9 Å². The summed E-state index contributed by atoms with van der Waals surface area (Å²) in [7, 11) is 0. The number of carbonyl (C=O) groups excluding carboxylic acids is 2. The van der Waals surface area contributed by atoms with Crippen molar-refractivity contribution in [2.75, 3.05) is 0 Å². The van der Waals surface area contributed by atoms with Gasteiger partial charge < -0.3 is 10.4 Å². The molecule has 0 saturated carbocycles. The number of aromatic hydroxyl groups is 1. The minimum Gasteiger partial charge on any atom is -0.502 e. The van der Waals surface area contributed by atoms with Gasteiger partial charge in [-0.15, -0.1) is 0 Å². The van der Waals surface area contributed by atoms with Crippen LogP contribution in [0.25, 0.3) is 6.08 Å². The third-order valence-corrected chi connectivity index (χ3v) is 4.06. The molecule has 1 saturated heterocycles. The predicted molar refractivity (Wildman–Crippen MR) is 94.9 cm³/mol. The number of nitrogens with zero attached hydrogens (tertiary/aromatic N) is 3. The van der Waals surface area contributed by atoms with Gasteiger partial charge in [0.2, 0.25) is 5.75 Å². The van der Waals surface area contributed by atoms with E-state index in [1.807, 2.05) is 0 Å². The number of imide groups is 1. The second kappa shape index (κ2) is 7.34. The summed E-state index contributed by atoms with van der Waals surface area (Å²) >= 11 is 0. The zero-order valence-corrected chi connectivity index (χ0v) is 14.4. The van der Waals surface area contributed by atoms with E-state index in [1.165, 1.54) is 18.2 Å². The maximum atomic E-state index is 13.8. The molecule has 2 aromatic rings. The van der Waals surface area contributed by atoms with E-state index in [4.69, 9.17) is 0 Å². The van der Waals surface area contributed by atoms with Crippen molar-refractivity contribution in [1.29, 1.82) is 0 Å².